The van der Waals surface area contributed by atoms with Crippen LogP contribution < -0.4 is 16.0 Å². The highest BCUT2D eigenvalue weighted by molar-refractivity contribution is 6.33. The molecule has 1 aliphatic rings. The number of halogens is 1. The summed E-state index contributed by atoms with van der Waals surface area (Å²) in [6, 6.07) is 22.8. The lowest BCUT2D eigenvalue weighted by Gasteiger charge is -2.30. The van der Waals surface area contributed by atoms with Crippen LogP contribution in [-0.2, 0) is 13.1 Å². The van der Waals surface area contributed by atoms with Crippen LogP contribution in [0.25, 0.3) is 11.1 Å². The zero-order valence-corrected chi connectivity index (χ0v) is 20.0. The van der Waals surface area contributed by atoms with Gasteiger partial charge >= 0.3 is 0 Å². The van der Waals surface area contributed by atoms with Gasteiger partial charge in [-0.15, -0.1) is 0 Å². The molecular weight excluding hydrogens is 442 g/mol. The number of anilines is 3. The molecule has 0 amide bonds. The van der Waals surface area contributed by atoms with E-state index in [1.54, 1.807) is 0 Å². The van der Waals surface area contributed by atoms with Gasteiger partial charge in [0.2, 0.25) is 0 Å². The van der Waals surface area contributed by atoms with Crippen molar-refractivity contribution in [3.63, 3.8) is 0 Å². The van der Waals surface area contributed by atoms with Gasteiger partial charge in [0.05, 0.1) is 35.8 Å². The van der Waals surface area contributed by atoms with Gasteiger partial charge in [0, 0.05) is 30.7 Å². The van der Waals surface area contributed by atoms with Crippen LogP contribution in [-0.4, -0.2) is 22.6 Å². The zero-order valence-electron chi connectivity index (χ0n) is 19.3. The molecule has 6 heteroatoms. The van der Waals surface area contributed by atoms with Gasteiger partial charge in [0.15, 0.2) is 0 Å². The van der Waals surface area contributed by atoms with Crippen molar-refractivity contribution < 1.29 is 0 Å². The predicted molar refractivity (Wildman–Crippen MR) is 142 cm³/mol. The highest BCUT2D eigenvalue weighted by atomic mass is 35.5. The molecule has 1 aliphatic heterocycles. The van der Waals surface area contributed by atoms with Crippen LogP contribution in [0, 0.1) is 0 Å². The smallest absolute Gasteiger partial charge is 0.0951 e. The Bertz CT molecular complexity index is 1240. The Labute approximate surface area is 206 Å². The third-order valence-corrected chi connectivity index (χ3v) is 6.83. The van der Waals surface area contributed by atoms with Crippen molar-refractivity contribution in [2.75, 3.05) is 29.0 Å². The highest BCUT2D eigenvalue weighted by Gasteiger charge is 2.15. The van der Waals surface area contributed by atoms with Crippen molar-refractivity contribution in [2.24, 2.45) is 0 Å². The van der Waals surface area contributed by atoms with Gasteiger partial charge in [-0.2, -0.15) is 0 Å². The van der Waals surface area contributed by atoms with Crippen LogP contribution in [0.2, 0.25) is 5.02 Å². The molecule has 5 rings (SSSR count). The second kappa shape index (κ2) is 10.2. The fourth-order valence-electron chi connectivity index (χ4n) is 4.56. The number of imidazole rings is 1. The average Bonchev–Trinajstić information content (AvgIpc) is 3.32. The first-order valence-electron chi connectivity index (χ1n) is 11.9. The molecule has 0 atom stereocenters. The first-order chi connectivity index (χ1) is 16.7. The Morgan fingerprint density at radius 3 is 2.53 bits per heavy atom. The average molecular weight is 472 g/mol. The van der Waals surface area contributed by atoms with E-state index in [0.717, 1.165) is 52.0 Å². The highest BCUT2D eigenvalue weighted by Crippen LogP contribution is 2.31. The summed E-state index contributed by atoms with van der Waals surface area (Å²) in [5.41, 5.74) is 13.9. The van der Waals surface area contributed by atoms with E-state index in [-0.39, 0.29) is 0 Å². The van der Waals surface area contributed by atoms with Gasteiger partial charge in [0.25, 0.3) is 0 Å². The number of aromatic nitrogens is 2. The zero-order chi connectivity index (χ0) is 23.3. The molecule has 0 radical (unpaired) electrons. The molecule has 3 aromatic carbocycles. The van der Waals surface area contributed by atoms with Crippen molar-refractivity contribution in [1.29, 1.82) is 0 Å². The number of nitrogens with two attached hydrogens (primary N) is 1. The Kier molecular flexibility index (Phi) is 6.72. The molecule has 0 bridgehead atoms. The van der Waals surface area contributed by atoms with E-state index in [4.69, 9.17) is 17.3 Å². The standard InChI is InChI=1S/C28H30ClN5/c29-26-12-11-24(16-28(26)33-13-5-2-6-14-33)32-18-25-17-31-20-34(25)19-23-10-9-22(15-27(23)30)21-7-3-1-4-8-21/h1,3-4,7-12,15-17,20,32H,2,5-6,13-14,18-19,30H2. The number of nitrogens with zero attached hydrogens (tertiary/aromatic N) is 3. The van der Waals surface area contributed by atoms with Crippen molar-refractivity contribution in [1.82, 2.24) is 9.55 Å². The van der Waals surface area contributed by atoms with Crippen molar-refractivity contribution in [3.8, 4) is 11.1 Å². The van der Waals surface area contributed by atoms with Crippen LogP contribution in [0.3, 0.4) is 0 Å². The lowest BCUT2D eigenvalue weighted by molar-refractivity contribution is 0.578. The van der Waals surface area contributed by atoms with Crippen LogP contribution in [0.4, 0.5) is 17.1 Å². The van der Waals surface area contributed by atoms with Gasteiger partial charge in [-0.3, -0.25) is 0 Å². The molecule has 5 nitrogen and oxygen atoms in total. The van der Waals surface area contributed by atoms with E-state index in [2.05, 4.69) is 56.2 Å². The number of hydrogen-bond donors (Lipinski definition) is 2. The number of nitrogens with one attached hydrogen (secondary N) is 1. The Hall–Kier alpha value is -3.44. The van der Waals surface area contributed by atoms with E-state index in [1.807, 2.05) is 42.9 Å². The summed E-state index contributed by atoms with van der Waals surface area (Å²) in [5.74, 6) is 0. The molecule has 0 spiro atoms. The minimum atomic E-state index is 0.670. The Morgan fingerprint density at radius 1 is 0.912 bits per heavy atom. The number of rotatable bonds is 7. The van der Waals surface area contributed by atoms with E-state index in [0.29, 0.717) is 13.1 Å². The quantitative estimate of drug-likeness (QED) is 0.304. The first kappa shape index (κ1) is 22.4. The third kappa shape index (κ3) is 5.05. The molecule has 0 saturated carbocycles. The molecule has 0 aliphatic carbocycles. The largest absolute Gasteiger partial charge is 0.398 e. The van der Waals surface area contributed by atoms with Crippen LogP contribution in [0.5, 0.6) is 0 Å². The molecule has 2 heterocycles. The summed E-state index contributed by atoms with van der Waals surface area (Å²) in [4.78, 5) is 6.78. The Morgan fingerprint density at radius 2 is 1.74 bits per heavy atom. The van der Waals surface area contributed by atoms with E-state index < -0.39 is 0 Å². The number of hydrogen-bond acceptors (Lipinski definition) is 4. The second-order valence-corrected chi connectivity index (χ2v) is 9.27. The van der Waals surface area contributed by atoms with Crippen molar-refractivity contribution in [3.05, 3.63) is 95.5 Å². The minimum absolute atomic E-state index is 0.670. The van der Waals surface area contributed by atoms with Crippen LogP contribution in [0.15, 0.2) is 79.3 Å². The molecular formula is C28H30ClN5. The topological polar surface area (TPSA) is 59.1 Å². The van der Waals surface area contributed by atoms with Gasteiger partial charge in [-0.1, -0.05) is 54.1 Å². The van der Waals surface area contributed by atoms with Gasteiger partial charge in [0.1, 0.15) is 0 Å². The SMILES string of the molecule is Nc1cc(-c2ccccc2)ccc1Cn1cncc1CNc1ccc(Cl)c(N2CCCCC2)c1. The predicted octanol–water partition coefficient (Wildman–Crippen LogP) is 6.44. The monoisotopic (exact) mass is 471 g/mol. The van der Waals surface area contributed by atoms with E-state index in [9.17, 15) is 0 Å². The van der Waals surface area contributed by atoms with Crippen molar-refractivity contribution >= 4 is 28.7 Å². The molecule has 1 aromatic heterocycles. The van der Waals surface area contributed by atoms with Crippen molar-refractivity contribution in [2.45, 2.75) is 32.4 Å². The first-order valence-corrected chi connectivity index (χ1v) is 12.3. The maximum Gasteiger partial charge on any atom is 0.0951 e. The summed E-state index contributed by atoms with van der Waals surface area (Å²) < 4.78 is 2.14. The molecule has 0 unspecified atom stereocenters. The lowest BCUT2D eigenvalue weighted by atomic mass is 10.0. The fraction of sp³-hybridized carbons (Fsp3) is 0.250. The summed E-state index contributed by atoms with van der Waals surface area (Å²) in [6.07, 6.45) is 7.52. The number of nitrogen functional groups attached to an aromatic ring is 1. The summed E-state index contributed by atoms with van der Waals surface area (Å²) in [6.45, 7) is 3.49. The van der Waals surface area contributed by atoms with Crippen LogP contribution in [0.1, 0.15) is 30.5 Å². The van der Waals surface area contributed by atoms with Crippen LogP contribution >= 0.6 is 11.6 Å². The molecule has 4 aromatic rings. The fourth-order valence-corrected chi connectivity index (χ4v) is 4.80. The molecule has 1 saturated heterocycles. The maximum atomic E-state index is 6.51. The molecule has 3 N–H and O–H groups in total. The lowest BCUT2D eigenvalue weighted by Crippen LogP contribution is -2.29. The Balaban J connectivity index is 1.27. The summed E-state index contributed by atoms with van der Waals surface area (Å²) >= 11 is 6.51. The normalized spacial score (nSPS) is 13.7. The molecule has 174 valence electrons. The molecule has 1 fully saturated rings. The van der Waals surface area contributed by atoms with E-state index >= 15 is 0 Å². The second-order valence-electron chi connectivity index (χ2n) is 8.86. The summed E-state index contributed by atoms with van der Waals surface area (Å²) in [7, 11) is 0. The maximum absolute atomic E-state index is 6.51. The third-order valence-electron chi connectivity index (χ3n) is 6.51. The van der Waals surface area contributed by atoms with Gasteiger partial charge in [-0.05, 0) is 60.2 Å². The summed E-state index contributed by atoms with van der Waals surface area (Å²) in [5, 5.41) is 4.36. The van der Waals surface area contributed by atoms with Gasteiger partial charge in [-0.25, -0.2) is 4.98 Å². The number of benzene rings is 3. The number of piperidine rings is 1. The molecule has 34 heavy (non-hydrogen) atoms. The van der Waals surface area contributed by atoms with E-state index in [1.165, 1.54) is 24.8 Å². The van der Waals surface area contributed by atoms with Gasteiger partial charge < -0.3 is 20.5 Å². The minimum Gasteiger partial charge on any atom is -0.398 e.